The summed E-state index contributed by atoms with van der Waals surface area (Å²) in [4.78, 5) is 18.4. The van der Waals surface area contributed by atoms with Crippen molar-refractivity contribution >= 4 is 17.3 Å². The zero-order chi connectivity index (χ0) is 13.4. The Labute approximate surface area is 111 Å². The van der Waals surface area contributed by atoms with E-state index in [2.05, 4.69) is 4.98 Å². The molecule has 1 aromatic heterocycles. The molecule has 2 heterocycles. The average molecular weight is 253 g/mol. The maximum absolute atomic E-state index is 12.5. The van der Waals surface area contributed by atoms with Crippen LogP contribution in [0.25, 0.3) is 0 Å². The standard InChI is InChI=1S/C15H15N3O/c1-10-8-12(4-6-17-10)15(19)18-7-5-11-2-3-13(16)9-14(11)18/h2-4,6,8-9H,5,7,16H2,1H3. The highest BCUT2D eigenvalue weighted by Gasteiger charge is 2.25. The lowest BCUT2D eigenvalue weighted by molar-refractivity contribution is 0.0989. The van der Waals surface area contributed by atoms with Gasteiger partial charge >= 0.3 is 0 Å². The van der Waals surface area contributed by atoms with Crippen molar-refractivity contribution in [2.24, 2.45) is 0 Å². The summed E-state index contributed by atoms with van der Waals surface area (Å²) in [5.74, 6) is 0.00912. The van der Waals surface area contributed by atoms with Gasteiger partial charge in [0.1, 0.15) is 0 Å². The topological polar surface area (TPSA) is 59.2 Å². The number of anilines is 2. The van der Waals surface area contributed by atoms with Crippen molar-refractivity contribution in [1.29, 1.82) is 0 Å². The Balaban J connectivity index is 1.97. The molecule has 0 bridgehead atoms. The molecule has 1 aliphatic heterocycles. The number of carbonyl (C=O) groups excluding carboxylic acids is 1. The van der Waals surface area contributed by atoms with E-state index in [1.165, 1.54) is 5.56 Å². The van der Waals surface area contributed by atoms with Crippen molar-refractivity contribution in [2.45, 2.75) is 13.3 Å². The van der Waals surface area contributed by atoms with E-state index in [0.717, 1.165) is 17.8 Å². The summed E-state index contributed by atoms with van der Waals surface area (Å²) in [6.07, 6.45) is 2.55. The zero-order valence-corrected chi connectivity index (χ0v) is 10.8. The molecule has 0 atom stereocenters. The number of aromatic nitrogens is 1. The van der Waals surface area contributed by atoms with Gasteiger partial charge in [-0.1, -0.05) is 6.07 Å². The Morgan fingerprint density at radius 3 is 2.95 bits per heavy atom. The first kappa shape index (κ1) is 11.7. The number of benzene rings is 1. The Kier molecular flexibility index (Phi) is 2.71. The first-order valence-corrected chi connectivity index (χ1v) is 6.28. The quantitative estimate of drug-likeness (QED) is 0.792. The van der Waals surface area contributed by atoms with Crippen LogP contribution >= 0.6 is 0 Å². The summed E-state index contributed by atoms with van der Waals surface area (Å²) in [5.41, 5.74) is 10.1. The molecule has 2 N–H and O–H groups in total. The highest BCUT2D eigenvalue weighted by atomic mass is 16.2. The summed E-state index contributed by atoms with van der Waals surface area (Å²) in [7, 11) is 0. The van der Waals surface area contributed by atoms with Crippen molar-refractivity contribution in [3.63, 3.8) is 0 Å². The fourth-order valence-corrected chi connectivity index (χ4v) is 2.44. The first-order valence-electron chi connectivity index (χ1n) is 6.28. The summed E-state index contributed by atoms with van der Waals surface area (Å²) in [5, 5.41) is 0. The number of amides is 1. The molecule has 0 unspecified atom stereocenters. The smallest absolute Gasteiger partial charge is 0.258 e. The van der Waals surface area contributed by atoms with Gasteiger partial charge < -0.3 is 10.6 Å². The Bertz CT molecular complexity index is 652. The largest absolute Gasteiger partial charge is 0.399 e. The fourth-order valence-electron chi connectivity index (χ4n) is 2.44. The molecule has 0 saturated heterocycles. The van der Waals surface area contributed by atoms with Crippen molar-refractivity contribution in [2.75, 3.05) is 17.2 Å². The number of aryl methyl sites for hydroxylation is 1. The van der Waals surface area contributed by atoms with Gasteiger partial charge in [-0.3, -0.25) is 9.78 Å². The van der Waals surface area contributed by atoms with Gasteiger partial charge in [0.15, 0.2) is 0 Å². The average Bonchev–Trinajstić information content (AvgIpc) is 2.80. The van der Waals surface area contributed by atoms with Crippen molar-refractivity contribution in [1.82, 2.24) is 4.98 Å². The van der Waals surface area contributed by atoms with Crippen LogP contribution < -0.4 is 10.6 Å². The second-order valence-corrected chi connectivity index (χ2v) is 4.78. The van der Waals surface area contributed by atoms with Gasteiger partial charge in [-0.2, -0.15) is 0 Å². The molecular weight excluding hydrogens is 238 g/mol. The number of nitrogens with zero attached hydrogens (tertiary/aromatic N) is 2. The van der Waals surface area contributed by atoms with Crippen LogP contribution in [0.1, 0.15) is 21.6 Å². The second-order valence-electron chi connectivity index (χ2n) is 4.78. The number of nitrogen functional groups attached to an aromatic ring is 1. The molecule has 2 aromatic rings. The predicted octanol–water partition coefficient (Wildman–Crippen LogP) is 2.18. The maximum Gasteiger partial charge on any atom is 0.258 e. The zero-order valence-electron chi connectivity index (χ0n) is 10.8. The van der Waals surface area contributed by atoms with E-state index in [9.17, 15) is 4.79 Å². The van der Waals surface area contributed by atoms with Gasteiger partial charge in [0, 0.05) is 35.4 Å². The molecule has 96 valence electrons. The number of fused-ring (bicyclic) bond motifs is 1. The summed E-state index contributed by atoms with van der Waals surface area (Å²) >= 11 is 0. The number of carbonyl (C=O) groups is 1. The number of nitrogens with two attached hydrogens (primary N) is 1. The highest BCUT2D eigenvalue weighted by molar-refractivity contribution is 6.07. The fraction of sp³-hybridized carbons (Fsp3) is 0.200. The third-order valence-electron chi connectivity index (χ3n) is 3.39. The van der Waals surface area contributed by atoms with Crippen LogP contribution in [-0.2, 0) is 6.42 Å². The molecule has 1 aromatic carbocycles. The molecule has 0 aliphatic carbocycles. The van der Waals surface area contributed by atoms with E-state index < -0.39 is 0 Å². The minimum absolute atomic E-state index is 0.00912. The van der Waals surface area contributed by atoms with Crippen LogP contribution in [0.4, 0.5) is 11.4 Å². The molecule has 19 heavy (non-hydrogen) atoms. The first-order chi connectivity index (χ1) is 9.15. The number of rotatable bonds is 1. The molecule has 0 saturated carbocycles. The van der Waals surface area contributed by atoms with Crippen LogP contribution in [0.3, 0.4) is 0 Å². The molecule has 3 rings (SSSR count). The Hall–Kier alpha value is -2.36. The lowest BCUT2D eigenvalue weighted by Crippen LogP contribution is -2.29. The molecule has 0 radical (unpaired) electrons. The van der Waals surface area contributed by atoms with E-state index in [4.69, 9.17) is 5.73 Å². The van der Waals surface area contributed by atoms with Crippen LogP contribution in [0, 0.1) is 6.92 Å². The molecule has 0 fully saturated rings. The second kappa shape index (κ2) is 4.39. The molecule has 0 spiro atoms. The lowest BCUT2D eigenvalue weighted by Gasteiger charge is -2.17. The summed E-state index contributed by atoms with van der Waals surface area (Å²) in [6, 6.07) is 9.31. The third-order valence-corrected chi connectivity index (χ3v) is 3.39. The monoisotopic (exact) mass is 253 g/mol. The van der Waals surface area contributed by atoms with E-state index in [1.807, 2.05) is 31.2 Å². The molecule has 4 heteroatoms. The molecular formula is C15H15N3O. The van der Waals surface area contributed by atoms with E-state index >= 15 is 0 Å². The highest BCUT2D eigenvalue weighted by Crippen LogP contribution is 2.31. The molecule has 1 amide bonds. The van der Waals surface area contributed by atoms with Crippen LogP contribution in [0.5, 0.6) is 0 Å². The minimum Gasteiger partial charge on any atom is -0.399 e. The molecule has 1 aliphatic rings. The summed E-state index contributed by atoms with van der Waals surface area (Å²) < 4.78 is 0. The normalized spacial score (nSPS) is 13.4. The maximum atomic E-state index is 12.5. The van der Waals surface area contributed by atoms with Gasteiger partial charge in [0.25, 0.3) is 5.91 Å². The Morgan fingerprint density at radius 2 is 2.16 bits per heavy atom. The lowest BCUT2D eigenvalue weighted by atomic mass is 10.1. The van der Waals surface area contributed by atoms with E-state index in [1.54, 1.807) is 17.2 Å². The van der Waals surface area contributed by atoms with Gasteiger partial charge in [-0.05, 0) is 43.2 Å². The Morgan fingerprint density at radius 1 is 1.32 bits per heavy atom. The van der Waals surface area contributed by atoms with Gasteiger partial charge in [0.2, 0.25) is 0 Å². The van der Waals surface area contributed by atoms with E-state index in [-0.39, 0.29) is 5.91 Å². The minimum atomic E-state index is 0.00912. The summed E-state index contributed by atoms with van der Waals surface area (Å²) in [6.45, 7) is 2.59. The number of hydrogen-bond acceptors (Lipinski definition) is 3. The van der Waals surface area contributed by atoms with Crippen molar-refractivity contribution in [3.8, 4) is 0 Å². The predicted molar refractivity (Wildman–Crippen MR) is 75.2 cm³/mol. The van der Waals surface area contributed by atoms with Gasteiger partial charge in [-0.25, -0.2) is 0 Å². The number of pyridine rings is 1. The van der Waals surface area contributed by atoms with E-state index in [0.29, 0.717) is 17.8 Å². The van der Waals surface area contributed by atoms with Gasteiger partial charge in [0.05, 0.1) is 0 Å². The molecule has 4 nitrogen and oxygen atoms in total. The van der Waals surface area contributed by atoms with Gasteiger partial charge in [-0.15, -0.1) is 0 Å². The van der Waals surface area contributed by atoms with Crippen molar-refractivity contribution < 1.29 is 4.79 Å². The van der Waals surface area contributed by atoms with Crippen molar-refractivity contribution in [3.05, 3.63) is 53.3 Å². The number of hydrogen-bond donors (Lipinski definition) is 1. The van der Waals surface area contributed by atoms with Crippen LogP contribution in [-0.4, -0.2) is 17.4 Å². The SMILES string of the molecule is Cc1cc(C(=O)N2CCc3ccc(N)cc32)ccn1. The van der Waals surface area contributed by atoms with Crippen LogP contribution in [0.15, 0.2) is 36.5 Å². The van der Waals surface area contributed by atoms with Crippen LogP contribution in [0.2, 0.25) is 0 Å². The third kappa shape index (κ3) is 2.05.